The van der Waals surface area contributed by atoms with Gasteiger partial charge in [0, 0.05) is 43.9 Å². The Morgan fingerprint density at radius 3 is 2.68 bits per heavy atom. The summed E-state index contributed by atoms with van der Waals surface area (Å²) in [6, 6.07) is 10.7. The van der Waals surface area contributed by atoms with E-state index in [1.54, 1.807) is 19.4 Å². The van der Waals surface area contributed by atoms with Crippen LogP contribution >= 0.6 is 0 Å². The molecule has 1 aromatic heterocycles. The minimum Gasteiger partial charge on any atom is -0.481 e. The number of carbonyl (C=O) groups excluding carboxylic acids is 1. The molecule has 2 aromatic rings. The average molecular weight is 380 g/mol. The summed E-state index contributed by atoms with van der Waals surface area (Å²) >= 11 is 0. The summed E-state index contributed by atoms with van der Waals surface area (Å²) in [7, 11) is 1.61. The number of aryl methyl sites for hydroxylation is 1. The summed E-state index contributed by atoms with van der Waals surface area (Å²) in [5.41, 5.74) is 2.47. The molecule has 1 aliphatic carbocycles. The lowest BCUT2D eigenvalue weighted by molar-refractivity contribution is -0.137. The van der Waals surface area contributed by atoms with Crippen molar-refractivity contribution in [3.05, 3.63) is 47.7 Å². The first-order valence-corrected chi connectivity index (χ1v) is 10.1. The molecule has 0 atom stereocenters. The van der Waals surface area contributed by atoms with Gasteiger partial charge >= 0.3 is 0 Å². The molecule has 148 valence electrons. The first-order valence-electron chi connectivity index (χ1n) is 10.1. The van der Waals surface area contributed by atoms with Crippen LogP contribution in [0, 0.1) is 12.8 Å². The fourth-order valence-electron chi connectivity index (χ4n) is 3.94. The molecule has 1 aromatic carbocycles. The molecule has 28 heavy (non-hydrogen) atoms. The number of hydrogen-bond acceptors (Lipinski definition) is 5. The SMILES string of the molecule is COc1ccnc(N2CCC(C(=O)N(Cc3cccc(C)c3)C3CC3)CC2)n1. The molecular weight excluding hydrogens is 352 g/mol. The Labute approximate surface area is 166 Å². The molecule has 1 saturated carbocycles. The molecule has 2 fully saturated rings. The molecule has 1 aliphatic heterocycles. The fraction of sp³-hybridized carbons (Fsp3) is 0.500. The molecule has 1 saturated heterocycles. The van der Waals surface area contributed by atoms with E-state index in [1.165, 1.54) is 11.1 Å². The first kappa shape index (κ1) is 18.7. The summed E-state index contributed by atoms with van der Waals surface area (Å²) in [5, 5.41) is 0. The quantitative estimate of drug-likeness (QED) is 0.770. The Hall–Kier alpha value is -2.63. The number of piperidine rings is 1. The van der Waals surface area contributed by atoms with E-state index in [1.807, 2.05) is 0 Å². The lowest BCUT2D eigenvalue weighted by Crippen LogP contribution is -2.43. The number of benzene rings is 1. The zero-order valence-electron chi connectivity index (χ0n) is 16.7. The van der Waals surface area contributed by atoms with Crippen LogP contribution < -0.4 is 9.64 Å². The first-order chi connectivity index (χ1) is 13.6. The van der Waals surface area contributed by atoms with E-state index in [9.17, 15) is 4.79 Å². The van der Waals surface area contributed by atoms with Crippen molar-refractivity contribution in [3.8, 4) is 5.88 Å². The Balaban J connectivity index is 1.39. The Morgan fingerprint density at radius 1 is 1.21 bits per heavy atom. The number of methoxy groups -OCH3 is 1. The number of aromatic nitrogens is 2. The van der Waals surface area contributed by atoms with E-state index < -0.39 is 0 Å². The van der Waals surface area contributed by atoms with Gasteiger partial charge in [0.15, 0.2) is 0 Å². The smallest absolute Gasteiger partial charge is 0.228 e. The minimum atomic E-state index is 0.0901. The van der Waals surface area contributed by atoms with Crippen molar-refractivity contribution < 1.29 is 9.53 Å². The third-order valence-corrected chi connectivity index (χ3v) is 5.66. The third kappa shape index (κ3) is 4.26. The molecule has 0 N–H and O–H groups in total. The van der Waals surface area contributed by atoms with Gasteiger partial charge in [0.1, 0.15) is 0 Å². The second-order valence-electron chi connectivity index (χ2n) is 7.85. The summed E-state index contributed by atoms with van der Waals surface area (Å²) in [5.74, 6) is 1.66. The second kappa shape index (κ2) is 8.17. The van der Waals surface area contributed by atoms with Crippen LogP contribution in [0.2, 0.25) is 0 Å². The molecule has 4 rings (SSSR count). The molecule has 0 spiro atoms. The van der Waals surface area contributed by atoms with Crippen molar-refractivity contribution in [1.82, 2.24) is 14.9 Å². The number of nitrogens with zero attached hydrogens (tertiary/aromatic N) is 4. The number of carbonyl (C=O) groups is 1. The van der Waals surface area contributed by atoms with Gasteiger partial charge in [0.25, 0.3) is 0 Å². The van der Waals surface area contributed by atoms with Crippen molar-refractivity contribution in [2.24, 2.45) is 5.92 Å². The van der Waals surface area contributed by atoms with Crippen LogP contribution in [0.5, 0.6) is 5.88 Å². The van der Waals surface area contributed by atoms with Gasteiger partial charge < -0.3 is 14.5 Å². The maximum Gasteiger partial charge on any atom is 0.228 e. The standard InChI is InChI=1S/C22H28N4O2/c1-16-4-3-5-17(14-16)15-26(19-6-7-19)21(27)18-9-12-25(13-10-18)22-23-11-8-20(24-22)28-2/h3-5,8,11,14,18-19H,6-7,9-10,12-13,15H2,1-2H3. The van der Waals surface area contributed by atoms with Gasteiger partial charge in [-0.25, -0.2) is 4.98 Å². The molecule has 1 amide bonds. The molecule has 6 nitrogen and oxygen atoms in total. The van der Waals surface area contributed by atoms with Gasteiger partial charge in [-0.15, -0.1) is 0 Å². The van der Waals surface area contributed by atoms with E-state index in [2.05, 4.69) is 51.0 Å². The zero-order chi connectivity index (χ0) is 19.5. The number of amides is 1. The van der Waals surface area contributed by atoms with Crippen LogP contribution in [0.15, 0.2) is 36.5 Å². The van der Waals surface area contributed by atoms with Gasteiger partial charge in [0.05, 0.1) is 7.11 Å². The van der Waals surface area contributed by atoms with Gasteiger partial charge in [-0.2, -0.15) is 4.98 Å². The van der Waals surface area contributed by atoms with Crippen molar-refractivity contribution in [3.63, 3.8) is 0 Å². The Bertz CT molecular complexity index is 829. The summed E-state index contributed by atoms with van der Waals surface area (Å²) in [4.78, 5) is 26.3. The van der Waals surface area contributed by atoms with Gasteiger partial charge in [0.2, 0.25) is 17.7 Å². The molecule has 2 heterocycles. The van der Waals surface area contributed by atoms with Crippen LogP contribution in [0.25, 0.3) is 0 Å². The topological polar surface area (TPSA) is 58.6 Å². The molecule has 6 heteroatoms. The summed E-state index contributed by atoms with van der Waals surface area (Å²) < 4.78 is 5.20. The van der Waals surface area contributed by atoms with E-state index in [0.29, 0.717) is 23.8 Å². The molecule has 0 bridgehead atoms. The van der Waals surface area contributed by atoms with Crippen LogP contribution in [-0.2, 0) is 11.3 Å². The van der Waals surface area contributed by atoms with E-state index in [0.717, 1.165) is 45.3 Å². The lowest BCUT2D eigenvalue weighted by Gasteiger charge is -2.34. The van der Waals surface area contributed by atoms with Crippen molar-refractivity contribution >= 4 is 11.9 Å². The predicted octanol–water partition coefficient (Wildman–Crippen LogP) is 3.20. The highest BCUT2D eigenvalue weighted by molar-refractivity contribution is 5.80. The molecular formula is C22H28N4O2. The maximum atomic E-state index is 13.3. The highest BCUT2D eigenvalue weighted by atomic mass is 16.5. The van der Waals surface area contributed by atoms with Crippen molar-refractivity contribution in [2.75, 3.05) is 25.1 Å². The van der Waals surface area contributed by atoms with E-state index in [4.69, 9.17) is 4.74 Å². The lowest BCUT2D eigenvalue weighted by atomic mass is 9.95. The highest BCUT2D eigenvalue weighted by Crippen LogP contribution is 2.32. The molecule has 2 aliphatic rings. The van der Waals surface area contributed by atoms with Crippen LogP contribution in [0.4, 0.5) is 5.95 Å². The number of hydrogen-bond donors (Lipinski definition) is 0. The average Bonchev–Trinajstić information content (AvgIpc) is 3.57. The number of ether oxygens (including phenoxy) is 1. The number of anilines is 1. The Kier molecular flexibility index (Phi) is 5.46. The Morgan fingerprint density at radius 2 is 2.00 bits per heavy atom. The van der Waals surface area contributed by atoms with E-state index >= 15 is 0 Å². The monoisotopic (exact) mass is 380 g/mol. The highest BCUT2D eigenvalue weighted by Gasteiger charge is 2.37. The fourth-order valence-corrected chi connectivity index (χ4v) is 3.94. The zero-order valence-corrected chi connectivity index (χ0v) is 16.7. The van der Waals surface area contributed by atoms with Gasteiger partial charge in [-0.3, -0.25) is 4.79 Å². The van der Waals surface area contributed by atoms with Crippen LogP contribution in [-0.4, -0.2) is 47.0 Å². The van der Waals surface area contributed by atoms with Crippen LogP contribution in [0.1, 0.15) is 36.8 Å². The summed E-state index contributed by atoms with van der Waals surface area (Å²) in [6.45, 7) is 4.42. The molecule has 0 unspecified atom stereocenters. The van der Waals surface area contributed by atoms with E-state index in [-0.39, 0.29) is 5.92 Å². The molecule has 0 radical (unpaired) electrons. The van der Waals surface area contributed by atoms with Crippen molar-refractivity contribution in [2.45, 2.75) is 45.2 Å². The maximum absolute atomic E-state index is 13.3. The largest absolute Gasteiger partial charge is 0.481 e. The van der Waals surface area contributed by atoms with Gasteiger partial charge in [-0.05, 0) is 38.2 Å². The van der Waals surface area contributed by atoms with Crippen molar-refractivity contribution in [1.29, 1.82) is 0 Å². The predicted molar refractivity (Wildman–Crippen MR) is 108 cm³/mol. The van der Waals surface area contributed by atoms with Crippen LogP contribution in [0.3, 0.4) is 0 Å². The summed E-state index contributed by atoms with van der Waals surface area (Å²) in [6.07, 6.45) is 5.67. The number of rotatable bonds is 6. The minimum absolute atomic E-state index is 0.0901. The third-order valence-electron chi connectivity index (χ3n) is 5.66. The van der Waals surface area contributed by atoms with Gasteiger partial charge in [-0.1, -0.05) is 29.8 Å². The second-order valence-corrected chi connectivity index (χ2v) is 7.85. The normalized spacial score (nSPS) is 17.4.